The van der Waals surface area contributed by atoms with Gasteiger partial charge in [0.1, 0.15) is 17.1 Å². The number of nitrogens with zero attached hydrogens (tertiary/aromatic N) is 4. The third kappa shape index (κ3) is 3.51. The van der Waals surface area contributed by atoms with Crippen LogP contribution in [0.1, 0.15) is 37.8 Å². The maximum Gasteiger partial charge on any atom is 0.145 e. The second-order valence-corrected chi connectivity index (χ2v) is 10.3. The van der Waals surface area contributed by atoms with Crippen molar-refractivity contribution >= 4 is 21.9 Å². The van der Waals surface area contributed by atoms with Gasteiger partial charge in [0.05, 0.1) is 28.6 Å². The smallest absolute Gasteiger partial charge is 0.145 e. The Labute approximate surface area is 210 Å². The van der Waals surface area contributed by atoms with Crippen molar-refractivity contribution < 1.29 is 4.52 Å². The molecule has 0 spiro atoms. The van der Waals surface area contributed by atoms with Crippen LogP contribution in [-0.4, -0.2) is 19.7 Å². The van der Waals surface area contributed by atoms with Gasteiger partial charge in [-0.3, -0.25) is 9.55 Å². The molecule has 0 atom stereocenters. The highest BCUT2D eigenvalue weighted by Gasteiger charge is 2.24. The monoisotopic (exact) mass is 472 g/mol. The summed E-state index contributed by atoms with van der Waals surface area (Å²) in [6.07, 6.45) is 1.89. The van der Waals surface area contributed by atoms with E-state index in [1.54, 1.807) is 0 Å². The van der Waals surface area contributed by atoms with Crippen LogP contribution in [0, 0.1) is 13.8 Å². The minimum Gasteiger partial charge on any atom is -0.361 e. The van der Waals surface area contributed by atoms with Crippen LogP contribution in [0.5, 0.6) is 0 Å². The fraction of sp³-hybridized carbons (Fsp3) is 0.194. The topological polar surface area (TPSA) is 56.7 Å². The van der Waals surface area contributed by atoms with Crippen LogP contribution in [0.15, 0.2) is 83.5 Å². The van der Waals surface area contributed by atoms with E-state index in [2.05, 4.69) is 97.2 Å². The number of rotatable bonds is 3. The molecule has 6 aromatic rings. The maximum atomic E-state index is 5.42. The Hall–Kier alpha value is -4.25. The van der Waals surface area contributed by atoms with Crippen molar-refractivity contribution in [1.82, 2.24) is 19.7 Å². The molecule has 0 fully saturated rings. The molecule has 6 rings (SSSR count). The first-order valence-corrected chi connectivity index (χ1v) is 12.2. The molecule has 0 saturated carbocycles. The van der Waals surface area contributed by atoms with Crippen molar-refractivity contribution in [3.63, 3.8) is 0 Å². The number of aromatic nitrogens is 4. The lowest BCUT2D eigenvalue weighted by Gasteiger charge is -2.24. The standard InChI is InChI=1S/C31H28N4O/c1-19-28(20(2)36-34-19)22-15-16-23-25(17-22)32-18-26-29(23)35(30(33-26)21-11-7-6-8-12-21)27-14-10-9-13-24(27)31(3,4)5/h6-18H,1-5H3. The van der Waals surface area contributed by atoms with Crippen molar-refractivity contribution in [1.29, 1.82) is 0 Å². The van der Waals surface area contributed by atoms with E-state index in [4.69, 9.17) is 14.5 Å². The summed E-state index contributed by atoms with van der Waals surface area (Å²) in [5.74, 6) is 1.72. The van der Waals surface area contributed by atoms with Crippen molar-refractivity contribution in [2.75, 3.05) is 0 Å². The molecule has 0 bridgehead atoms. The first kappa shape index (κ1) is 22.2. The molecule has 3 aromatic heterocycles. The Balaban J connectivity index is 1.71. The van der Waals surface area contributed by atoms with Gasteiger partial charge in [-0.2, -0.15) is 0 Å². The fourth-order valence-electron chi connectivity index (χ4n) is 5.12. The maximum absolute atomic E-state index is 5.42. The van der Waals surface area contributed by atoms with Crippen molar-refractivity contribution in [2.24, 2.45) is 0 Å². The van der Waals surface area contributed by atoms with Crippen LogP contribution in [-0.2, 0) is 5.41 Å². The van der Waals surface area contributed by atoms with Gasteiger partial charge in [-0.1, -0.05) is 80.5 Å². The number of benzene rings is 3. The van der Waals surface area contributed by atoms with Gasteiger partial charge >= 0.3 is 0 Å². The molecule has 5 heteroatoms. The van der Waals surface area contributed by atoms with Gasteiger partial charge in [0.2, 0.25) is 0 Å². The summed E-state index contributed by atoms with van der Waals surface area (Å²) in [5, 5.41) is 5.19. The van der Waals surface area contributed by atoms with Crippen LogP contribution in [0.25, 0.3) is 50.1 Å². The molecular formula is C31H28N4O. The first-order chi connectivity index (χ1) is 17.3. The SMILES string of the molecule is Cc1noc(C)c1-c1ccc2c(c1)ncc1nc(-c3ccccc3)n(-c3ccccc3C(C)(C)C)c12. The van der Waals surface area contributed by atoms with Crippen LogP contribution in [0.3, 0.4) is 0 Å². The van der Waals surface area contributed by atoms with E-state index < -0.39 is 0 Å². The van der Waals surface area contributed by atoms with Crippen LogP contribution < -0.4 is 0 Å². The van der Waals surface area contributed by atoms with Crippen LogP contribution >= 0.6 is 0 Å². The van der Waals surface area contributed by atoms with Gasteiger partial charge in [-0.05, 0) is 48.6 Å². The number of para-hydroxylation sites is 1. The average molecular weight is 473 g/mol. The van der Waals surface area contributed by atoms with Gasteiger partial charge in [-0.25, -0.2) is 4.98 Å². The summed E-state index contributed by atoms with van der Waals surface area (Å²) in [6.45, 7) is 10.7. The van der Waals surface area contributed by atoms with Gasteiger partial charge in [0.15, 0.2) is 0 Å². The number of fused-ring (bicyclic) bond motifs is 3. The average Bonchev–Trinajstić information content (AvgIpc) is 3.43. The third-order valence-corrected chi connectivity index (χ3v) is 6.79. The van der Waals surface area contributed by atoms with E-state index in [0.29, 0.717) is 0 Å². The molecule has 0 N–H and O–H groups in total. The molecule has 3 aromatic carbocycles. The van der Waals surface area contributed by atoms with Crippen molar-refractivity contribution in [3.05, 3.63) is 96.0 Å². The Morgan fingerprint density at radius 2 is 1.56 bits per heavy atom. The molecule has 0 unspecified atom stereocenters. The molecule has 5 nitrogen and oxygen atoms in total. The lowest BCUT2D eigenvalue weighted by Crippen LogP contribution is -2.15. The highest BCUT2D eigenvalue weighted by atomic mass is 16.5. The zero-order valence-electron chi connectivity index (χ0n) is 21.2. The second-order valence-electron chi connectivity index (χ2n) is 10.3. The van der Waals surface area contributed by atoms with E-state index >= 15 is 0 Å². The lowest BCUT2D eigenvalue weighted by atomic mass is 9.85. The van der Waals surface area contributed by atoms with Crippen molar-refractivity contribution in [2.45, 2.75) is 40.0 Å². The Bertz CT molecular complexity index is 1720. The number of pyridine rings is 1. The minimum atomic E-state index is -0.0412. The number of hydrogen-bond acceptors (Lipinski definition) is 4. The zero-order chi connectivity index (χ0) is 25.0. The largest absolute Gasteiger partial charge is 0.361 e. The zero-order valence-corrected chi connectivity index (χ0v) is 21.2. The Morgan fingerprint density at radius 1 is 0.806 bits per heavy atom. The van der Waals surface area contributed by atoms with Gasteiger partial charge in [-0.15, -0.1) is 0 Å². The predicted molar refractivity (Wildman–Crippen MR) is 145 cm³/mol. The number of aryl methyl sites for hydroxylation is 2. The summed E-state index contributed by atoms with van der Waals surface area (Å²) in [4.78, 5) is 9.93. The number of hydrogen-bond donors (Lipinski definition) is 0. The quantitative estimate of drug-likeness (QED) is 0.264. The summed E-state index contributed by atoms with van der Waals surface area (Å²) < 4.78 is 7.73. The van der Waals surface area contributed by atoms with E-state index in [-0.39, 0.29) is 5.41 Å². The summed E-state index contributed by atoms with van der Waals surface area (Å²) >= 11 is 0. The van der Waals surface area contributed by atoms with Crippen molar-refractivity contribution in [3.8, 4) is 28.2 Å². The van der Waals surface area contributed by atoms with E-state index in [1.807, 2.05) is 26.1 Å². The third-order valence-electron chi connectivity index (χ3n) is 6.79. The summed E-state index contributed by atoms with van der Waals surface area (Å²) in [6, 6.07) is 25.4. The normalized spacial score (nSPS) is 12.0. The molecular weight excluding hydrogens is 444 g/mol. The van der Waals surface area contributed by atoms with Crippen LogP contribution in [0.4, 0.5) is 0 Å². The molecule has 0 amide bonds. The molecule has 3 heterocycles. The first-order valence-electron chi connectivity index (χ1n) is 12.2. The van der Waals surface area contributed by atoms with E-state index in [9.17, 15) is 0 Å². The van der Waals surface area contributed by atoms with Gasteiger partial charge < -0.3 is 4.52 Å². The molecule has 0 aliphatic carbocycles. The summed E-state index contributed by atoms with van der Waals surface area (Å²) in [5.41, 5.74) is 9.21. The molecule has 0 aliphatic heterocycles. The van der Waals surface area contributed by atoms with E-state index in [0.717, 1.165) is 61.6 Å². The molecule has 178 valence electrons. The molecule has 0 radical (unpaired) electrons. The lowest BCUT2D eigenvalue weighted by molar-refractivity contribution is 0.393. The van der Waals surface area contributed by atoms with Crippen LogP contribution in [0.2, 0.25) is 0 Å². The van der Waals surface area contributed by atoms with E-state index in [1.165, 1.54) is 5.56 Å². The highest BCUT2D eigenvalue weighted by Crippen LogP contribution is 2.38. The second kappa shape index (κ2) is 8.16. The Kier molecular flexibility index (Phi) is 5.04. The fourth-order valence-corrected chi connectivity index (χ4v) is 5.12. The molecule has 0 aliphatic rings. The molecule has 0 saturated heterocycles. The highest BCUT2D eigenvalue weighted by molar-refractivity contribution is 6.05. The summed E-state index contributed by atoms with van der Waals surface area (Å²) in [7, 11) is 0. The molecule has 36 heavy (non-hydrogen) atoms. The Morgan fingerprint density at radius 3 is 2.28 bits per heavy atom. The van der Waals surface area contributed by atoms with Gasteiger partial charge in [0.25, 0.3) is 0 Å². The number of imidazole rings is 1. The minimum absolute atomic E-state index is 0.0412. The van der Waals surface area contributed by atoms with Gasteiger partial charge in [0, 0.05) is 16.5 Å². The predicted octanol–water partition coefficient (Wildman–Crippen LogP) is 7.81.